The number of H-pyrrole nitrogens is 1. The van der Waals surface area contributed by atoms with Crippen molar-refractivity contribution in [2.45, 2.75) is 18.5 Å². The summed E-state index contributed by atoms with van der Waals surface area (Å²) in [6.45, 7) is 2.02. The van der Waals surface area contributed by atoms with E-state index in [2.05, 4.69) is 15.4 Å². The molecule has 0 bridgehead atoms. The molecule has 1 heterocycles. The smallest absolute Gasteiger partial charge is 0.326 e. The van der Waals surface area contributed by atoms with Crippen LogP contribution in [0.3, 0.4) is 0 Å². The molecule has 0 aliphatic heterocycles. The third-order valence-electron chi connectivity index (χ3n) is 3.46. The third-order valence-corrected chi connectivity index (χ3v) is 4.42. The first kappa shape index (κ1) is 16.3. The summed E-state index contributed by atoms with van der Waals surface area (Å²) < 4.78 is 1.91. The largest absolute Gasteiger partial charge is 0.385 e. The van der Waals surface area contributed by atoms with E-state index in [9.17, 15) is 4.79 Å². The zero-order chi connectivity index (χ0) is 16.8. The van der Waals surface area contributed by atoms with Crippen LogP contribution in [0.2, 0.25) is 0 Å². The SMILES string of the molecule is Cc1ccc(NC(=O)CCSc2nc[nH][n+]2-c2ccccc2)cc1. The van der Waals surface area contributed by atoms with Crippen LogP contribution in [0.1, 0.15) is 12.0 Å². The Labute approximate surface area is 145 Å². The fourth-order valence-corrected chi connectivity index (χ4v) is 3.10. The molecule has 24 heavy (non-hydrogen) atoms. The Morgan fingerprint density at radius 1 is 1.17 bits per heavy atom. The van der Waals surface area contributed by atoms with Crippen molar-refractivity contribution in [3.63, 3.8) is 0 Å². The summed E-state index contributed by atoms with van der Waals surface area (Å²) in [7, 11) is 0. The van der Waals surface area contributed by atoms with Crippen LogP contribution in [-0.2, 0) is 4.79 Å². The van der Waals surface area contributed by atoms with Gasteiger partial charge in [0, 0.05) is 17.9 Å². The second-order valence-electron chi connectivity index (χ2n) is 5.35. The monoisotopic (exact) mass is 339 g/mol. The molecule has 5 nitrogen and oxygen atoms in total. The van der Waals surface area contributed by atoms with Crippen LogP contribution in [0.15, 0.2) is 66.1 Å². The van der Waals surface area contributed by atoms with Gasteiger partial charge in [-0.15, -0.1) is 4.68 Å². The Balaban J connectivity index is 1.53. The highest BCUT2D eigenvalue weighted by molar-refractivity contribution is 7.99. The normalized spacial score (nSPS) is 10.5. The Bertz CT molecular complexity index is 799. The molecule has 2 aromatic carbocycles. The highest BCUT2D eigenvalue weighted by Crippen LogP contribution is 2.14. The average Bonchev–Trinajstić information content (AvgIpc) is 3.06. The Hall–Kier alpha value is -2.60. The number of carbonyl (C=O) groups excluding carboxylic acids is 1. The number of aromatic amines is 1. The van der Waals surface area contributed by atoms with Gasteiger partial charge in [-0.25, -0.2) is 0 Å². The zero-order valence-corrected chi connectivity index (χ0v) is 14.2. The summed E-state index contributed by atoms with van der Waals surface area (Å²) in [6.07, 6.45) is 2.09. The van der Waals surface area contributed by atoms with Crippen molar-refractivity contribution in [2.24, 2.45) is 0 Å². The van der Waals surface area contributed by atoms with Gasteiger partial charge in [0.1, 0.15) is 0 Å². The maximum Gasteiger partial charge on any atom is 0.385 e. The van der Waals surface area contributed by atoms with E-state index in [0.717, 1.165) is 16.5 Å². The number of aryl methyl sites for hydroxylation is 1. The van der Waals surface area contributed by atoms with Crippen molar-refractivity contribution < 1.29 is 9.48 Å². The first-order valence-corrected chi connectivity index (χ1v) is 8.71. The van der Waals surface area contributed by atoms with Crippen molar-refractivity contribution in [3.8, 4) is 5.69 Å². The number of anilines is 1. The molecule has 0 aliphatic carbocycles. The van der Waals surface area contributed by atoms with Crippen molar-refractivity contribution in [2.75, 3.05) is 11.1 Å². The summed E-state index contributed by atoms with van der Waals surface area (Å²) in [4.78, 5) is 16.3. The quantitative estimate of drug-likeness (QED) is 0.536. The Kier molecular flexibility index (Phi) is 5.28. The van der Waals surface area contributed by atoms with Gasteiger partial charge in [0.05, 0.1) is 0 Å². The summed E-state index contributed by atoms with van der Waals surface area (Å²) in [5.74, 6) is 0.670. The van der Waals surface area contributed by atoms with E-state index >= 15 is 0 Å². The van der Waals surface area contributed by atoms with E-state index in [0.29, 0.717) is 12.2 Å². The number of nitrogens with one attached hydrogen (secondary N) is 2. The number of rotatable bonds is 6. The highest BCUT2D eigenvalue weighted by Gasteiger charge is 2.17. The standard InChI is InChI=1S/C18H18N4OS/c1-14-7-9-15(10-8-14)21-17(23)11-12-24-18-19-13-20-22(18)16-5-3-2-4-6-16/h2-10,13H,11-12H2,1H3,(H,21,23)/p+1. The molecule has 0 fully saturated rings. The molecule has 3 rings (SSSR count). The lowest BCUT2D eigenvalue weighted by molar-refractivity contribution is -0.694. The van der Waals surface area contributed by atoms with Gasteiger partial charge in [0.15, 0.2) is 5.69 Å². The number of thioether (sulfide) groups is 1. The van der Waals surface area contributed by atoms with Crippen LogP contribution in [0, 0.1) is 6.92 Å². The van der Waals surface area contributed by atoms with Crippen LogP contribution in [0.4, 0.5) is 5.69 Å². The van der Waals surface area contributed by atoms with Gasteiger partial charge < -0.3 is 5.32 Å². The van der Waals surface area contributed by atoms with Crippen molar-refractivity contribution in [1.29, 1.82) is 0 Å². The van der Waals surface area contributed by atoms with Crippen LogP contribution in [0.5, 0.6) is 0 Å². The minimum Gasteiger partial charge on any atom is -0.326 e. The van der Waals surface area contributed by atoms with Gasteiger partial charge in [-0.3, -0.25) is 4.79 Å². The first-order valence-electron chi connectivity index (χ1n) is 7.72. The van der Waals surface area contributed by atoms with Gasteiger partial charge >= 0.3 is 5.16 Å². The van der Waals surface area contributed by atoms with E-state index in [1.807, 2.05) is 66.2 Å². The third kappa shape index (κ3) is 4.23. The van der Waals surface area contributed by atoms with Crippen LogP contribution in [0.25, 0.3) is 5.69 Å². The maximum absolute atomic E-state index is 12.0. The van der Waals surface area contributed by atoms with Crippen LogP contribution < -0.4 is 10.00 Å². The summed E-state index contributed by atoms with van der Waals surface area (Å²) in [6, 6.07) is 17.7. The van der Waals surface area contributed by atoms with E-state index < -0.39 is 0 Å². The van der Waals surface area contributed by atoms with Gasteiger partial charge in [-0.05, 0) is 47.9 Å². The number of hydrogen-bond acceptors (Lipinski definition) is 3. The molecule has 2 N–H and O–H groups in total. The number of benzene rings is 2. The molecule has 3 aromatic rings. The molecule has 122 valence electrons. The molecule has 0 aliphatic rings. The van der Waals surface area contributed by atoms with E-state index in [4.69, 9.17) is 0 Å². The summed E-state index contributed by atoms with van der Waals surface area (Å²) >= 11 is 1.55. The summed E-state index contributed by atoms with van der Waals surface area (Å²) in [5, 5.41) is 6.84. The van der Waals surface area contributed by atoms with Gasteiger partial charge in [-0.2, -0.15) is 5.10 Å². The number of hydrogen-bond donors (Lipinski definition) is 2. The first-order chi connectivity index (χ1) is 11.7. The second-order valence-corrected chi connectivity index (χ2v) is 6.42. The molecular weight excluding hydrogens is 320 g/mol. The maximum atomic E-state index is 12.0. The topological polar surface area (TPSA) is 61.7 Å². The molecular formula is C18H19N4OS+. The number of amides is 1. The minimum absolute atomic E-state index is 0.00755. The van der Waals surface area contributed by atoms with Crippen LogP contribution >= 0.6 is 11.8 Å². The fraction of sp³-hybridized carbons (Fsp3) is 0.167. The summed E-state index contributed by atoms with van der Waals surface area (Å²) in [5.41, 5.74) is 3.02. The lowest BCUT2D eigenvalue weighted by Crippen LogP contribution is -2.34. The molecule has 0 spiro atoms. The van der Waals surface area contributed by atoms with Crippen molar-refractivity contribution in [1.82, 2.24) is 10.1 Å². The van der Waals surface area contributed by atoms with Gasteiger partial charge in [0.25, 0.3) is 0 Å². The molecule has 6 heteroatoms. The van der Waals surface area contributed by atoms with Gasteiger partial charge in [-0.1, -0.05) is 35.9 Å². The fourth-order valence-electron chi connectivity index (χ4n) is 2.21. The van der Waals surface area contributed by atoms with Crippen molar-refractivity contribution in [3.05, 3.63) is 66.5 Å². The molecule has 0 radical (unpaired) electrons. The number of nitrogens with zero attached hydrogens (tertiary/aromatic N) is 2. The number of para-hydroxylation sites is 1. The van der Waals surface area contributed by atoms with Gasteiger partial charge in [0.2, 0.25) is 12.2 Å². The predicted octanol–water partition coefficient (Wildman–Crippen LogP) is 3.12. The minimum atomic E-state index is 0.00755. The lowest BCUT2D eigenvalue weighted by Gasteiger charge is -2.04. The van der Waals surface area contributed by atoms with Crippen LogP contribution in [-0.4, -0.2) is 21.7 Å². The molecule has 1 amide bonds. The van der Waals surface area contributed by atoms with Crippen molar-refractivity contribution >= 4 is 23.4 Å². The number of carbonyl (C=O) groups is 1. The van der Waals surface area contributed by atoms with E-state index in [1.165, 1.54) is 5.56 Å². The molecule has 1 aromatic heterocycles. The van der Waals surface area contributed by atoms with E-state index in [-0.39, 0.29) is 5.91 Å². The number of aromatic nitrogens is 3. The molecule has 0 unspecified atom stereocenters. The second kappa shape index (κ2) is 7.79. The predicted molar refractivity (Wildman–Crippen MR) is 95.3 cm³/mol. The molecule has 0 saturated carbocycles. The Morgan fingerprint density at radius 2 is 1.92 bits per heavy atom. The molecule has 0 saturated heterocycles. The lowest BCUT2D eigenvalue weighted by atomic mass is 10.2. The highest BCUT2D eigenvalue weighted by atomic mass is 32.2. The zero-order valence-electron chi connectivity index (χ0n) is 13.4. The molecule has 0 atom stereocenters. The Morgan fingerprint density at radius 3 is 2.67 bits per heavy atom. The average molecular weight is 339 g/mol. The van der Waals surface area contributed by atoms with E-state index in [1.54, 1.807) is 18.1 Å².